The van der Waals surface area contributed by atoms with Gasteiger partial charge in [-0.25, -0.2) is 0 Å². The summed E-state index contributed by atoms with van der Waals surface area (Å²) < 4.78 is 0. The number of carbonyl (C=O) groups is 1. The van der Waals surface area contributed by atoms with Crippen molar-refractivity contribution in [3.05, 3.63) is 0 Å². The Morgan fingerprint density at radius 1 is 1.64 bits per heavy atom. The van der Waals surface area contributed by atoms with Crippen LogP contribution in [0.2, 0.25) is 0 Å². The molecular weight excluding hydrogens is 142 g/mol. The van der Waals surface area contributed by atoms with Gasteiger partial charge >= 0.3 is 0 Å². The van der Waals surface area contributed by atoms with E-state index in [1.54, 1.807) is 0 Å². The van der Waals surface area contributed by atoms with Gasteiger partial charge in [-0.1, -0.05) is 6.92 Å². The van der Waals surface area contributed by atoms with Crippen LogP contribution in [0.3, 0.4) is 0 Å². The molecule has 0 radical (unpaired) electrons. The molecule has 0 saturated carbocycles. The highest BCUT2D eigenvalue weighted by molar-refractivity contribution is 5.62. The second kappa shape index (κ2) is 6.16. The van der Waals surface area contributed by atoms with Gasteiger partial charge in [-0.3, -0.25) is 4.79 Å². The predicted octanol–water partition coefficient (Wildman–Crippen LogP) is 1.10. The van der Waals surface area contributed by atoms with Crippen LogP contribution in [0.15, 0.2) is 0 Å². The number of rotatable bonds is 0. The fourth-order valence-corrected chi connectivity index (χ4v) is 1.03. The maximum absolute atomic E-state index is 9.00. The molecule has 1 unspecified atom stereocenters. The minimum absolute atomic E-state index is 0.833. The van der Waals surface area contributed by atoms with Gasteiger partial charge in [0.25, 0.3) is 5.97 Å². The molecule has 1 saturated heterocycles. The monoisotopic (exact) mass is 159 g/mol. The minimum atomic E-state index is -0.833. The van der Waals surface area contributed by atoms with E-state index in [2.05, 4.69) is 12.2 Å². The molecule has 0 amide bonds. The molecular formula is C8H17NO2. The fourth-order valence-electron chi connectivity index (χ4n) is 1.03. The van der Waals surface area contributed by atoms with E-state index in [1.165, 1.54) is 25.9 Å². The Kier molecular flexibility index (Phi) is 5.84. The lowest BCUT2D eigenvalue weighted by Crippen LogP contribution is -2.27. The molecule has 0 bridgehead atoms. The van der Waals surface area contributed by atoms with Crippen molar-refractivity contribution < 1.29 is 9.90 Å². The summed E-state index contributed by atoms with van der Waals surface area (Å²) in [7, 11) is 0. The summed E-state index contributed by atoms with van der Waals surface area (Å²) in [6.07, 6.45) is 2.80. The van der Waals surface area contributed by atoms with Crippen molar-refractivity contribution in [1.82, 2.24) is 5.32 Å². The summed E-state index contributed by atoms with van der Waals surface area (Å²) >= 11 is 0. The third-order valence-electron chi connectivity index (χ3n) is 1.54. The first kappa shape index (κ1) is 10.4. The minimum Gasteiger partial charge on any atom is -0.481 e. The first-order valence-corrected chi connectivity index (χ1v) is 4.03. The van der Waals surface area contributed by atoms with Gasteiger partial charge in [-0.15, -0.1) is 0 Å². The Bertz CT molecular complexity index is 105. The topological polar surface area (TPSA) is 49.3 Å². The first-order valence-electron chi connectivity index (χ1n) is 4.03. The molecule has 11 heavy (non-hydrogen) atoms. The van der Waals surface area contributed by atoms with Crippen LogP contribution in [0, 0.1) is 5.92 Å². The van der Waals surface area contributed by atoms with Gasteiger partial charge < -0.3 is 10.4 Å². The van der Waals surface area contributed by atoms with Crippen molar-refractivity contribution in [1.29, 1.82) is 0 Å². The molecule has 0 aromatic carbocycles. The van der Waals surface area contributed by atoms with Crippen LogP contribution in [-0.2, 0) is 4.79 Å². The van der Waals surface area contributed by atoms with Gasteiger partial charge in [0.05, 0.1) is 0 Å². The largest absolute Gasteiger partial charge is 0.481 e. The van der Waals surface area contributed by atoms with E-state index >= 15 is 0 Å². The number of carboxylic acids is 1. The number of hydrogen-bond acceptors (Lipinski definition) is 2. The molecule has 1 heterocycles. The summed E-state index contributed by atoms with van der Waals surface area (Å²) in [5, 5.41) is 10.8. The third-order valence-corrected chi connectivity index (χ3v) is 1.54. The van der Waals surface area contributed by atoms with E-state index in [1.807, 2.05) is 0 Å². The van der Waals surface area contributed by atoms with E-state index < -0.39 is 5.97 Å². The molecule has 1 atom stereocenters. The van der Waals surface area contributed by atoms with E-state index in [4.69, 9.17) is 9.90 Å². The quantitative estimate of drug-likeness (QED) is 0.556. The van der Waals surface area contributed by atoms with Crippen molar-refractivity contribution in [2.45, 2.75) is 26.7 Å². The molecule has 0 aliphatic carbocycles. The lowest BCUT2D eigenvalue weighted by Gasteiger charge is -2.17. The molecule has 2 N–H and O–H groups in total. The highest BCUT2D eigenvalue weighted by atomic mass is 16.4. The van der Waals surface area contributed by atoms with Crippen molar-refractivity contribution in [3.8, 4) is 0 Å². The Labute approximate surface area is 67.8 Å². The van der Waals surface area contributed by atoms with E-state index in [-0.39, 0.29) is 0 Å². The van der Waals surface area contributed by atoms with E-state index in [0.29, 0.717) is 0 Å². The van der Waals surface area contributed by atoms with Gasteiger partial charge in [-0.2, -0.15) is 0 Å². The van der Waals surface area contributed by atoms with E-state index in [0.717, 1.165) is 12.8 Å². The van der Waals surface area contributed by atoms with Crippen LogP contribution >= 0.6 is 0 Å². The van der Waals surface area contributed by atoms with E-state index in [9.17, 15) is 0 Å². The van der Waals surface area contributed by atoms with Crippen LogP contribution in [0.1, 0.15) is 26.7 Å². The van der Waals surface area contributed by atoms with Gasteiger partial charge in [0.2, 0.25) is 0 Å². The highest BCUT2D eigenvalue weighted by Crippen LogP contribution is 2.06. The average molecular weight is 159 g/mol. The zero-order chi connectivity index (χ0) is 8.69. The first-order chi connectivity index (χ1) is 5.13. The van der Waals surface area contributed by atoms with Gasteiger partial charge in [0.15, 0.2) is 0 Å². The van der Waals surface area contributed by atoms with Crippen molar-refractivity contribution in [2.75, 3.05) is 13.1 Å². The fraction of sp³-hybridized carbons (Fsp3) is 0.875. The Balaban J connectivity index is 0.000000218. The molecule has 0 spiro atoms. The molecule has 3 nitrogen and oxygen atoms in total. The summed E-state index contributed by atoms with van der Waals surface area (Å²) in [4.78, 5) is 9.00. The Morgan fingerprint density at radius 3 is 2.36 bits per heavy atom. The van der Waals surface area contributed by atoms with Gasteiger partial charge in [0.1, 0.15) is 0 Å². The van der Waals surface area contributed by atoms with Gasteiger partial charge in [0, 0.05) is 6.92 Å². The molecule has 1 aliphatic rings. The SMILES string of the molecule is CC(=O)O.CC1CCCNC1. The maximum Gasteiger partial charge on any atom is 0.300 e. The summed E-state index contributed by atoms with van der Waals surface area (Å²) in [6, 6.07) is 0. The van der Waals surface area contributed by atoms with Crippen LogP contribution < -0.4 is 5.32 Å². The second-order valence-corrected chi connectivity index (χ2v) is 2.97. The smallest absolute Gasteiger partial charge is 0.300 e. The number of carboxylic acid groups (broad SMARTS) is 1. The lowest BCUT2D eigenvalue weighted by molar-refractivity contribution is -0.134. The second-order valence-electron chi connectivity index (χ2n) is 2.97. The number of aliphatic carboxylic acids is 1. The van der Waals surface area contributed by atoms with Crippen LogP contribution in [-0.4, -0.2) is 24.2 Å². The predicted molar refractivity (Wildman–Crippen MR) is 44.6 cm³/mol. The summed E-state index contributed by atoms with van der Waals surface area (Å²) in [5.74, 6) is 0.0914. The number of hydrogen-bond donors (Lipinski definition) is 2. The molecule has 0 aromatic rings. The zero-order valence-electron chi connectivity index (χ0n) is 7.26. The summed E-state index contributed by atoms with van der Waals surface area (Å²) in [5.41, 5.74) is 0. The molecule has 0 aromatic heterocycles. The molecule has 1 fully saturated rings. The van der Waals surface area contributed by atoms with Crippen molar-refractivity contribution in [3.63, 3.8) is 0 Å². The normalized spacial score (nSPS) is 23.3. The summed E-state index contributed by atoms with van der Waals surface area (Å²) in [6.45, 7) is 5.86. The Hall–Kier alpha value is -0.570. The van der Waals surface area contributed by atoms with Crippen LogP contribution in [0.4, 0.5) is 0 Å². The number of piperidine rings is 1. The van der Waals surface area contributed by atoms with Crippen LogP contribution in [0.25, 0.3) is 0 Å². The molecule has 66 valence electrons. The van der Waals surface area contributed by atoms with Gasteiger partial charge in [-0.05, 0) is 31.8 Å². The standard InChI is InChI=1S/C6H13N.C2H4O2/c1-6-3-2-4-7-5-6;1-2(3)4/h6-7H,2-5H2,1H3;1H3,(H,3,4). The molecule has 1 aliphatic heterocycles. The number of nitrogens with one attached hydrogen (secondary N) is 1. The Morgan fingerprint density at radius 2 is 2.18 bits per heavy atom. The highest BCUT2D eigenvalue weighted by Gasteiger charge is 2.04. The lowest BCUT2D eigenvalue weighted by atomic mass is 10.0. The van der Waals surface area contributed by atoms with Crippen molar-refractivity contribution in [2.24, 2.45) is 5.92 Å². The van der Waals surface area contributed by atoms with Crippen molar-refractivity contribution >= 4 is 5.97 Å². The van der Waals surface area contributed by atoms with Crippen LogP contribution in [0.5, 0.6) is 0 Å². The molecule has 1 rings (SSSR count). The third kappa shape index (κ3) is 9.43. The zero-order valence-corrected chi connectivity index (χ0v) is 7.26. The molecule has 3 heteroatoms. The maximum atomic E-state index is 9.00. The average Bonchev–Trinajstić information content (AvgIpc) is 1.87.